The van der Waals surface area contributed by atoms with Gasteiger partial charge in [-0.2, -0.15) is 0 Å². The zero-order chi connectivity index (χ0) is 14.6. The number of hydrogen-bond acceptors (Lipinski definition) is 3. The number of nitrogens with one attached hydrogen (secondary N) is 1. The van der Waals surface area contributed by atoms with E-state index in [0.717, 1.165) is 0 Å². The predicted octanol–water partition coefficient (Wildman–Crippen LogP) is 2.06. The van der Waals surface area contributed by atoms with Gasteiger partial charge in [0.05, 0.1) is 4.90 Å². The van der Waals surface area contributed by atoms with E-state index >= 15 is 0 Å². The van der Waals surface area contributed by atoms with E-state index in [4.69, 9.17) is 5.73 Å². The maximum absolute atomic E-state index is 13.7. The topological polar surface area (TPSA) is 72.2 Å². The molecule has 1 rings (SSSR count). The van der Waals surface area contributed by atoms with E-state index in [1.165, 1.54) is 19.1 Å². The maximum atomic E-state index is 13.7. The average molecular weight is 288 g/mol. The first kappa shape index (κ1) is 16.1. The molecule has 1 aromatic carbocycles. The minimum Gasteiger partial charge on any atom is -0.326 e. The van der Waals surface area contributed by atoms with E-state index < -0.39 is 15.8 Å². The molecule has 1 aromatic rings. The van der Waals surface area contributed by atoms with Gasteiger partial charge in [-0.3, -0.25) is 0 Å². The van der Waals surface area contributed by atoms with Crippen LogP contribution in [0.3, 0.4) is 0 Å². The molecule has 0 heterocycles. The van der Waals surface area contributed by atoms with Gasteiger partial charge in [-0.1, -0.05) is 13.8 Å². The van der Waals surface area contributed by atoms with Gasteiger partial charge in [-0.05, 0) is 37.5 Å². The molecule has 6 heteroatoms. The summed E-state index contributed by atoms with van der Waals surface area (Å²) >= 11 is 0. The minimum atomic E-state index is -3.72. The van der Waals surface area contributed by atoms with Crippen molar-refractivity contribution >= 4 is 10.0 Å². The van der Waals surface area contributed by atoms with Gasteiger partial charge >= 0.3 is 0 Å². The molecule has 19 heavy (non-hydrogen) atoms. The Bertz CT molecular complexity index is 540. The number of halogens is 1. The Balaban J connectivity index is 3.24. The molecule has 0 bridgehead atoms. The third-order valence-corrected chi connectivity index (χ3v) is 4.84. The van der Waals surface area contributed by atoms with Crippen LogP contribution in [0.1, 0.15) is 37.8 Å². The maximum Gasteiger partial charge on any atom is 0.241 e. The van der Waals surface area contributed by atoms with Gasteiger partial charge in [0.25, 0.3) is 0 Å². The van der Waals surface area contributed by atoms with E-state index in [1.54, 1.807) is 0 Å². The van der Waals surface area contributed by atoms with Crippen molar-refractivity contribution in [3.8, 4) is 0 Å². The van der Waals surface area contributed by atoms with Crippen LogP contribution in [0, 0.1) is 12.7 Å². The molecule has 0 saturated heterocycles. The standard InChI is InChI=1S/C13H21FN2O2S/c1-4-11(5-2)16-19(17,18)13-7-10(8-15)6-12(14)9(13)3/h6-7,11,16H,4-5,8,15H2,1-3H3. The van der Waals surface area contributed by atoms with E-state index in [1.807, 2.05) is 13.8 Å². The highest BCUT2D eigenvalue weighted by molar-refractivity contribution is 7.89. The fraction of sp³-hybridized carbons (Fsp3) is 0.538. The van der Waals surface area contributed by atoms with Crippen LogP contribution in [0.25, 0.3) is 0 Å². The molecular formula is C13H21FN2O2S. The summed E-state index contributed by atoms with van der Waals surface area (Å²) in [5.41, 5.74) is 6.04. The first-order chi connectivity index (χ1) is 8.85. The largest absolute Gasteiger partial charge is 0.326 e. The number of benzene rings is 1. The Morgan fingerprint density at radius 1 is 1.32 bits per heavy atom. The van der Waals surface area contributed by atoms with Crippen LogP contribution in [-0.2, 0) is 16.6 Å². The second-order valence-corrected chi connectivity index (χ2v) is 6.22. The second kappa shape index (κ2) is 6.45. The SMILES string of the molecule is CCC(CC)NS(=O)(=O)c1cc(CN)cc(F)c1C. The highest BCUT2D eigenvalue weighted by Gasteiger charge is 2.22. The molecule has 0 aromatic heterocycles. The minimum absolute atomic E-state index is 0.0279. The smallest absolute Gasteiger partial charge is 0.241 e. The average Bonchev–Trinajstić information content (AvgIpc) is 2.38. The molecule has 3 N–H and O–H groups in total. The van der Waals surface area contributed by atoms with Crippen molar-refractivity contribution in [3.05, 3.63) is 29.1 Å². The van der Waals surface area contributed by atoms with Crippen LogP contribution in [0.5, 0.6) is 0 Å². The Morgan fingerprint density at radius 3 is 2.37 bits per heavy atom. The van der Waals surface area contributed by atoms with Gasteiger partial charge in [0.2, 0.25) is 10.0 Å². The Hall–Kier alpha value is -0.980. The third kappa shape index (κ3) is 3.75. The summed E-state index contributed by atoms with van der Waals surface area (Å²) in [5, 5.41) is 0. The van der Waals surface area contributed by atoms with Crippen LogP contribution in [-0.4, -0.2) is 14.5 Å². The second-order valence-electron chi connectivity index (χ2n) is 4.54. The van der Waals surface area contributed by atoms with Crippen molar-refractivity contribution in [1.29, 1.82) is 0 Å². The summed E-state index contributed by atoms with van der Waals surface area (Å²) in [6.07, 6.45) is 1.38. The van der Waals surface area contributed by atoms with Crippen LogP contribution >= 0.6 is 0 Å². The molecule has 0 saturated carbocycles. The summed E-state index contributed by atoms with van der Waals surface area (Å²) in [4.78, 5) is -0.0279. The lowest BCUT2D eigenvalue weighted by Gasteiger charge is -2.17. The third-order valence-electron chi connectivity index (χ3n) is 3.19. The lowest BCUT2D eigenvalue weighted by Crippen LogP contribution is -2.34. The van der Waals surface area contributed by atoms with Crippen molar-refractivity contribution < 1.29 is 12.8 Å². The van der Waals surface area contributed by atoms with E-state index in [2.05, 4.69) is 4.72 Å². The summed E-state index contributed by atoms with van der Waals surface area (Å²) < 4.78 is 40.9. The molecular weight excluding hydrogens is 267 g/mol. The Kier molecular flexibility index (Phi) is 5.46. The monoisotopic (exact) mass is 288 g/mol. The number of sulfonamides is 1. The molecule has 0 aliphatic heterocycles. The highest BCUT2D eigenvalue weighted by Crippen LogP contribution is 2.21. The van der Waals surface area contributed by atoms with Gasteiger partial charge in [0, 0.05) is 18.2 Å². The van der Waals surface area contributed by atoms with Gasteiger partial charge in [-0.25, -0.2) is 17.5 Å². The number of nitrogens with two attached hydrogens (primary N) is 1. The fourth-order valence-electron chi connectivity index (χ4n) is 1.84. The molecule has 0 unspecified atom stereocenters. The summed E-state index contributed by atoms with van der Waals surface area (Å²) in [6, 6.07) is 2.56. The first-order valence-corrected chi connectivity index (χ1v) is 7.85. The van der Waals surface area contributed by atoms with E-state index in [-0.39, 0.29) is 23.0 Å². The van der Waals surface area contributed by atoms with Crippen LogP contribution < -0.4 is 10.5 Å². The zero-order valence-corrected chi connectivity index (χ0v) is 12.3. The van der Waals surface area contributed by atoms with Gasteiger partial charge in [0.1, 0.15) is 5.82 Å². The highest BCUT2D eigenvalue weighted by atomic mass is 32.2. The quantitative estimate of drug-likeness (QED) is 0.841. The predicted molar refractivity (Wildman–Crippen MR) is 73.7 cm³/mol. The summed E-state index contributed by atoms with van der Waals surface area (Å²) in [5.74, 6) is -0.548. The van der Waals surface area contributed by atoms with Crippen molar-refractivity contribution in [2.75, 3.05) is 0 Å². The number of hydrogen-bond donors (Lipinski definition) is 2. The lowest BCUT2D eigenvalue weighted by atomic mass is 10.1. The molecule has 4 nitrogen and oxygen atoms in total. The zero-order valence-electron chi connectivity index (χ0n) is 11.5. The molecule has 0 aliphatic rings. The van der Waals surface area contributed by atoms with Gasteiger partial charge < -0.3 is 5.73 Å². The molecule has 0 fully saturated rings. The van der Waals surface area contributed by atoms with E-state index in [9.17, 15) is 12.8 Å². The van der Waals surface area contributed by atoms with Crippen molar-refractivity contribution in [1.82, 2.24) is 4.72 Å². The Morgan fingerprint density at radius 2 is 1.89 bits per heavy atom. The van der Waals surface area contributed by atoms with Crippen molar-refractivity contribution in [2.45, 2.75) is 51.1 Å². The van der Waals surface area contributed by atoms with Crippen molar-refractivity contribution in [2.24, 2.45) is 5.73 Å². The fourth-order valence-corrected chi connectivity index (χ4v) is 3.55. The number of rotatable bonds is 6. The molecule has 108 valence electrons. The molecule has 0 atom stereocenters. The van der Waals surface area contributed by atoms with Gasteiger partial charge in [-0.15, -0.1) is 0 Å². The molecule has 0 amide bonds. The first-order valence-electron chi connectivity index (χ1n) is 6.37. The molecule has 0 radical (unpaired) electrons. The molecule has 0 spiro atoms. The van der Waals surface area contributed by atoms with Crippen molar-refractivity contribution in [3.63, 3.8) is 0 Å². The summed E-state index contributed by atoms with van der Waals surface area (Å²) in [6.45, 7) is 5.36. The van der Waals surface area contributed by atoms with Gasteiger partial charge in [0.15, 0.2) is 0 Å². The van der Waals surface area contributed by atoms with Crippen LogP contribution in [0.15, 0.2) is 17.0 Å². The van der Waals surface area contributed by atoms with Crippen LogP contribution in [0.4, 0.5) is 4.39 Å². The Labute approximate surface area is 114 Å². The molecule has 0 aliphatic carbocycles. The lowest BCUT2D eigenvalue weighted by molar-refractivity contribution is 0.527. The van der Waals surface area contributed by atoms with E-state index in [0.29, 0.717) is 18.4 Å². The normalized spacial score (nSPS) is 12.1. The summed E-state index contributed by atoms with van der Waals surface area (Å²) in [7, 11) is -3.72. The van der Waals surface area contributed by atoms with Crippen LogP contribution in [0.2, 0.25) is 0 Å².